The quantitative estimate of drug-likeness (QED) is 0.764. The van der Waals surface area contributed by atoms with Crippen LogP contribution in [0.5, 0.6) is 0 Å². The van der Waals surface area contributed by atoms with E-state index in [1.165, 1.54) is 5.56 Å². The Kier molecular flexibility index (Phi) is 8.49. The lowest BCUT2D eigenvalue weighted by Crippen LogP contribution is -2.52. The summed E-state index contributed by atoms with van der Waals surface area (Å²) in [5.41, 5.74) is 7.91. The van der Waals surface area contributed by atoms with Crippen molar-refractivity contribution in [2.45, 2.75) is 59.9 Å². The third-order valence-corrected chi connectivity index (χ3v) is 5.26. The number of amides is 1. The Labute approximate surface area is 170 Å². The van der Waals surface area contributed by atoms with E-state index in [9.17, 15) is 9.59 Å². The Morgan fingerprint density at radius 3 is 2.07 bits per heavy atom. The SMILES string of the molecule is CC(C)Cc1ccc(C(=O)C2CCN(C(=O)[C@@H](N)C(C)(C)C)CC2)cc1.Cl. The number of likely N-dealkylation sites (tertiary alicyclic amines) is 1. The summed E-state index contributed by atoms with van der Waals surface area (Å²) in [6.45, 7) is 11.6. The summed E-state index contributed by atoms with van der Waals surface area (Å²) in [7, 11) is 0. The van der Waals surface area contributed by atoms with Gasteiger partial charge in [0.25, 0.3) is 0 Å². The number of carbonyl (C=O) groups is 2. The van der Waals surface area contributed by atoms with Crippen LogP contribution in [0.1, 0.15) is 63.4 Å². The van der Waals surface area contributed by atoms with Crippen molar-refractivity contribution in [3.05, 3.63) is 35.4 Å². The molecule has 27 heavy (non-hydrogen) atoms. The molecule has 1 atom stereocenters. The maximum Gasteiger partial charge on any atom is 0.240 e. The number of benzene rings is 1. The number of ketones is 1. The molecule has 0 spiro atoms. The number of rotatable bonds is 5. The molecule has 1 amide bonds. The van der Waals surface area contributed by atoms with Crippen LogP contribution in [0.15, 0.2) is 24.3 Å². The molecule has 2 N–H and O–H groups in total. The number of hydrogen-bond acceptors (Lipinski definition) is 3. The largest absolute Gasteiger partial charge is 0.341 e. The molecule has 1 heterocycles. The van der Waals surface area contributed by atoms with Gasteiger partial charge in [-0.15, -0.1) is 12.4 Å². The van der Waals surface area contributed by atoms with Gasteiger partial charge in [0.2, 0.25) is 5.91 Å². The van der Waals surface area contributed by atoms with Crippen LogP contribution in [-0.4, -0.2) is 35.7 Å². The predicted molar refractivity (Wildman–Crippen MR) is 113 cm³/mol. The first-order valence-electron chi connectivity index (χ1n) is 9.77. The third-order valence-electron chi connectivity index (χ3n) is 5.26. The van der Waals surface area contributed by atoms with Crippen LogP contribution in [0.3, 0.4) is 0 Å². The van der Waals surface area contributed by atoms with Crippen LogP contribution in [0, 0.1) is 17.3 Å². The van der Waals surface area contributed by atoms with E-state index in [1.54, 1.807) is 0 Å². The molecule has 1 aliphatic rings. The molecule has 0 radical (unpaired) electrons. The van der Waals surface area contributed by atoms with Gasteiger partial charge in [-0.25, -0.2) is 0 Å². The summed E-state index contributed by atoms with van der Waals surface area (Å²) in [5.74, 6) is 0.813. The molecule has 0 aromatic heterocycles. The maximum absolute atomic E-state index is 12.8. The van der Waals surface area contributed by atoms with Gasteiger partial charge in [-0.05, 0) is 36.2 Å². The minimum atomic E-state index is -0.497. The molecule has 1 aromatic rings. The van der Waals surface area contributed by atoms with E-state index in [0.29, 0.717) is 19.0 Å². The first-order chi connectivity index (χ1) is 12.1. The highest BCUT2D eigenvalue weighted by Crippen LogP contribution is 2.25. The maximum atomic E-state index is 12.8. The zero-order valence-electron chi connectivity index (χ0n) is 17.3. The Morgan fingerprint density at radius 1 is 1.11 bits per heavy atom. The minimum Gasteiger partial charge on any atom is -0.341 e. The van der Waals surface area contributed by atoms with E-state index in [1.807, 2.05) is 37.8 Å². The number of Topliss-reactive ketones (excluding diaryl/α,β-unsaturated/α-hetero) is 1. The fourth-order valence-corrected chi connectivity index (χ4v) is 3.44. The molecule has 152 valence electrons. The van der Waals surface area contributed by atoms with E-state index in [4.69, 9.17) is 5.73 Å². The molecule has 0 bridgehead atoms. The lowest BCUT2D eigenvalue weighted by Gasteiger charge is -2.36. The van der Waals surface area contributed by atoms with Gasteiger partial charge < -0.3 is 10.6 Å². The second-order valence-corrected chi connectivity index (χ2v) is 9.10. The summed E-state index contributed by atoms with van der Waals surface area (Å²) in [4.78, 5) is 27.1. The Balaban J connectivity index is 0.00000364. The number of carbonyl (C=O) groups excluding carboxylic acids is 2. The van der Waals surface area contributed by atoms with Crippen molar-refractivity contribution in [3.63, 3.8) is 0 Å². The first-order valence-corrected chi connectivity index (χ1v) is 9.77. The summed E-state index contributed by atoms with van der Waals surface area (Å²) in [6, 6.07) is 7.53. The number of hydrogen-bond donors (Lipinski definition) is 1. The molecule has 2 rings (SSSR count). The predicted octanol–water partition coefficient (Wildman–Crippen LogP) is 4.10. The molecule has 0 aliphatic carbocycles. The van der Waals surface area contributed by atoms with Gasteiger partial charge in [-0.2, -0.15) is 0 Å². The highest BCUT2D eigenvalue weighted by molar-refractivity contribution is 5.98. The molecule has 0 saturated carbocycles. The highest BCUT2D eigenvalue weighted by atomic mass is 35.5. The van der Waals surface area contributed by atoms with Gasteiger partial charge in [0.05, 0.1) is 6.04 Å². The van der Waals surface area contributed by atoms with Crippen LogP contribution in [0.25, 0.3) is 0 Å². The zero-order valence-corrected chi connectivity index (χ0v) is 18.1. The van der Waals surface area contributed by atoms with Crippen molar-refractivity contribution in [1.82, 2.24) is 4.90 Å². The average Bonchev–Trinajstić information content (AvgIpc) is 2.59. The summed E-state index contributed by atoms with van der Waals surface area (Å²) in [6.07, 6.45) is 2.47. The Morgan fingerprint density at radius 2 is 1.63 bits per heavy atom. The molecule has 1 fully saturated rings. The molecule has 0 unspecified atom stereocenters. The van der Waals surface area contributed by atoms with Gasteiger partial charge in [-0.3, -0.25) is 9.59 Å². The molecule has 1 aliphatic heterocycles. The Hall–Kier alpha value is -1.39. The second kappa shape index (κ2) is 9.70. The van der Waals surface area contributed by atoms with Crippen molar-refractivity contribution in [2.24, 2.45) is 23.0 Å². The number of piperidine rings is 1. The monoisotopic (exact) mass is 394 g/mol. The van der Waals surface area contributed by atoms with Crippen LogP contribution in [0.2, 0.25) is 0 Å². The second-order valence-electron chi connectivity index (χ2n) is 9.10. The van der Waals surface area contributed by atoms with E-state index < -0.39 is 6.04 Å². The molecular formula is C22H35ClN2O2. The lowest BCUT2D eigenvalue weighted by molar-refractivity contribution is -0.136. The van der Waals surface area contributed by atoms with Crippen LogP contribution in [-0.2, 0) is 11.2 Å². The smallest absolute Gasteiger partial charge is 0.240 e. The van der Waals surface area contributed by atoms with E-state index in [0.717, 1.165) is 24.8 Å². The van der Waals surface area contributed by atoms with Crippen LogP contribution < -0.4 is 5.73 Å². The molecule has 1 saturated heterocycles. The number of nitrogens with zero attached hydrogens (tertiary/aromatic N) is 1. The van der Waals surface area contributed by atoms with Crippen molar-refractivity contribution < 1.29 is 9.59 Å². The lowest BCUT2D eigenvalue weighted by atomic mass is 9.85. The fourth-order valence-electron chi connectivity index (χ4n) is 3.44. The minimum absolute atomic E-state index is 0. The van der Waals surface area contributed by atoms with Crippen molar-refractivity contribution in [2.75, 3.05) is 13.1 Å². The highest BCUT2D eigenvalue weighted by Gasteiger charge is 2.34. The van der Waals surface area contributed by atoms with Crippen LogP contribution in [0.4, 0.5) is 0 Å². The van der Waals surface area contributed by atoms with Crippen molar-refractivity contribution in [3.8, 4) is 0 Å². The summed E-state index contributed by atoms with van der Waals surface area (Å²) < 4.78 is 0. The first kappa shape index (κ1) is 23.6. The van der Waals surface area contributed by atoms with Gasteiger partial charge in [0.15, 0.2) is 5.78 Å². The van der Waals surface area contributed by atoms with E-state index in [2.05, 4.69) is 26.0 Å². The summed E-state index contributed by atoms with van der Waals surface area (Å²) >= 11 is 0. The number of halogens is 1. The Bertz CT molecular complexity index is 627. The molecule has 4 nitrogen and oxygen atoms in total. The van der Waals surface area contributed by atoms with Gasteiger partial charge in [-0.1, -0.05) is 58.9 Å². The molecular weight excluding hydrogens is 360 g/mol. The van der Waals surface area contributed by atoms with Gasteiger partial charge in [0.1, 0.15) is 0 Å². The standard InChI is InChI=1S/C22H34N2O2.ClH/c1-15(2)14-16-6-8-17(9-7-16)19(25)18-10-12-24(13-11-18)21(26)20(23)22(3,4)5;/h6-9,15,18,20H,10-14,23H2,1-5H3;1H/t20-;/m1./s1. The number of nitrogens with two attached hydrogens (primary N) is 1. The zero-order chi connectivity index (χ0) is 19.5. The summed E-state index contributed by atoms with van der Waals surface area (Å²) in [5, 5.41) is 0. The van der Waals surface area contributed by atoms with Crippen molar-refractivity contribution >= 4 is 24.1 Å². The topological polar surface area (TPSA) is 63.4 Å². The van der Waals surface area contributed by atoms with Crippen molar-refractivity contribution in [1.29, 1.82) is 0 Å². The van der Waals surface area contributed by atoms with Gasteiger partial charge >= 0.3 is 0 Å². The van der Waals surface area contributed by atoms with E-state index >= 15 is 0 Å². The fraction of sp³-hybridized carbons (Fsp3) is 0.636. The molecule has 5 heteroatoms. The normalized spacial score (nSPS) is 16.8. The van der Waals surface area contributed by atoms with E-state index in [-0.39, 0.29) is 35.4 Å². The third kappa shape index (κ3) is 6.32. The van der Waals surface area contributed by atoms with Crippen LogP contribution >= 0.6 is 12.4 Å². The van der Waals surface area contributed by atoms with Gasteiger partial charge in [0, 0.05) is 24.6 Å². The molecule has 1 aromatic carbocycles. The average molecular weight is 395 g/mol.